The number of esters is 1. The van der Waals surface area contributed by atoms with Crippen LogP contribution < -0.4 is 0 Å². The molecule has 184 valence electrons. The van der Waals surface area contributed by atoms with Crippen LogP contribution in [0.2, 0.25) is 5.02 Å². The van der Waals surface area contributed by atoms with Crippen LogP contribution in [0.15, 0.2) is 29.2 Å². The van der Waals surface area contributed by atoms with Gasteiger partial charge in [0.25, 0.3) is 0 Å². The van der Waals surface area contributed by atoms with E-state index in [0.29, 0.717) is 12.1 Å². The number of carbonyl (C=O) groups is 1. The molecule has 9 nitrogen and oxygen atoms in total. The molecule has 0 amide bonds. The van der Waals surface area contributed by atoms with E-state index in [2.05, 4.69) is 14.5 Å². The molecule has 2 heterocycles. The maximum Gasteiger partial charge on any atom is 0.436 e. The lowest BCUT2D eigenvalue weighted by molar-refractivity contribution is -0.146. The summed E-state index contributed by atoms with van der Waals surface area (Å²) in [5, 5.41) is 2.94. The van der Waals surface area contributed by atoms with Crippen molar-refractivity contribution < 1.29 is 31.1 Å². The van der Waals surface area contributed by atoms with Gasteiger partial charge in [0.1, 0.15) is 28.9 Å². The number of aromatic nitrogens is 4. The van der Waals surface area contributed by atoms with Crippen molar-refractivity contribution in [1.29, 1.82) is 0 Å². The molecule has 0 spiro atoms. The molecule has 0 saturated heterocycles. The second-order valence-electron chi connectivity index (χ2n) is 7.41. The van der Waals surface area contributed by atoms with Crippen molar-refractivity contribution in [3.05, 3.63) is 35.0 Å². The lowest BCUT2D eigenvalue weighted by Crippen LogP contribution is -2.22. The molecular formula is C19H19ClF3N5O4S2. The number of hydrogen-bond donors (Lipinski definition) is 0. The molecule has 0 unspecified atom stereocenters. The summed E-state index contributed by atoms with van der Waals surface area (Å²) in [6.07, 6.45) is -3.83. The largest absolute Gasteiger partial charge is 0.463 e. The Morgan fingerprint density at radius 3 is 2.62 bits per heavy atom. The first-order valence-electron chi connectivity index (χ1n) is 9.56. The van der Waals surface area contributed by atoms with Crippen molar-refractivity contribution in [2.75, 3.05) is 33.5 Å². The zero-order valence-corrected chi connectivity index (χ0v) is 20.5. The summed E-state index contributed by atoms with van der Waals surface area (Å²) in [4.78, 5) is 18.2. The highest BCUT2D eigenvalue weighted by atomic mass is 35.5. The molecule has 3 aromatic rings. The summed E-state index contributed by atoms with van der Waals surface area (Å²) in [7, 11) is 0.0495. The maximum atomic E-state index is 13.4. The van der Waals surface area contributed by atoms with Gasteiger partial charge in [-0.05, 0) is 37.8 Å². The van der Waals surface area contributed by atoms with Crippen LogP contribution >= 0.6 is 23.1 Å². The zero-order valence-electron chi connectivity index (χ0n) is 18.1. The molecule has 0 aliphatic rings. The third-order valence-corrected chi connectivity index (χ3v) is 6.62. The predicted octanol–water partition coefficient (Wildman–Crippen LogP) is 3.25. The quantitative estimate of drug-likeness (QED) is 0.403. The van der Waals surface area contributed by atoms with E-state index >= 15 is 0 Å². The van der Waals surface area contributed by atoms with Gasteiger partial charge >= 0.3 is 12.1 Å². The van der Waals surface area contributed by atoms with E-state index in [1.54, 1.807) is 25.1 Å². The maximum absolute atomic E-state index is 13.4. The van der Waals surface area contributed by atoms with Gasteiger partial charge in [0.2, 0.25) is 0 Å². The molecule has 0 atom stereocenters. The van der Waals surface area contributed by atoms with Crippen LogP contribution in [0.4, 0.5) is 13.2 Å². The van der Waals surface area contributed by atoms with E-state index in [9.17, 15) is 26.4 Å². The Balaban J connectivity index is 1.99. The van der Waals surface area contributed by atoms with Crippen LogP contribution in [0.5, 0.6) is 0 Å². The van der Waals surface area contributed by atoms with Crippen LogP contribution in [0.1, 0.15) is 5.69 Å². The first-order chi connectivity index (χ1) is 15.8. The average Bonchev–Trinajstić information content (AvgIpc) is 3.31. The number of alkyl halides is 3. The minimum Gasteiger partial charge on any atom is -0.463 e. The zero-order chi connectivity index (χ0) is 25.3. The van der Waals surface area contributed by atoms with Gasteiger partial charge < -0.3 is 9.64 Å². The van der Waals surface area contributed by atoms with Gasteiger partial charge in [-0.15, -0.1) is 0 Å². The minimum atomic E-state index is -4.88. The number of rotatable bonds is 8. The lowest BCUT2D eigenvalue weighted by atomic mass is 10.2. The third kappa shape index (κ3) is 6.11. The number of nitrogens with zero attached hydrogens (tertiary/aromatic N) is 5. The van der Waals surface area contributed by atoms with Crippen LogP contribution in [0, 0.1) is 0 Å². The van der Waals surface area contributed by atoms with E-state index in [4.69, 9.17) is 16.3 Å². The smallest absolute Gasteiger partial charge is 0.436 e. The first kappa shape index (κ1) is 26.1. The topological polar surface area (TPSA) is 107 Å². The van der Waals surface area contributed by atoms with Crippen LogP contribution in [0.3, 0.4) is 0 Å². The van der Waals surface area contributed by atoms with Crippen LogP contribution in [-0.2, 0) is 32.1 Å². The Morgan fingerprint density at radius 2 is 2.00 bits per heavy atom. The third-order valence-electron chi connectivity index (χ3n) is 4.39. The van der Waals surface area contributed by atoms with E-state index in [0.717, 1.165) is 22.5 Å². The highest BCUT2D eigenvalue weighted by Crippen LogP contribution is 2.39. The highest BCUT2D eigenvalue weighted by Gasteiger charge is 2.40. The molecule has 0 N–H and O–H groups in total. The molecule has 34 heavy (non-hydrogen) atoms. The average molecular weight is 538 g/mol. The standard InChI is InChI=1S/C19H19ClF3N5O4S2/c1-27(2)7-8-32-13(29)10-28-15(14(20)16(25-28)19(21,22)23)17-24-18(33-26-17)11-5-4-6-12(9-11)34(3,30)31/h4-6,9H,7-8,10H2,1-3H3. The van der Waals surface area contributed by atoms with Crippen molar-refractivity contribution in [2.24, 2.45) is 0 Å². The van der Waals surface area contributed by atoms with E-state index in [1.807, 2.05) is 0 Å². The van der Waals surface area contributed by atoms with Crippen LogP contribution in [0.25, 0.3) is 22.1 Å². The van der Waals surface area contributed by atoms with Gasteiger partial charge in [0, 0.05) is 18.4 Å². The molecule has 15 heteroatoms. The number of carbonyl (C=O) groups excluding carboxylic acids is 1. The summed E-state index contributed by atoms with van der Waals surface area (Å²) >= 11 is 6.83. The van der Waals surface area contributed by atoms with Gasteiger partial charge in [0.15, 0.2) is 21.4 Å². The Hall–Kier alpha value is -2.55. The number of ether oxygens (including phenoxy) is 1. The molecule has 0 aliphatic carbocycles. The molecular weight excluding hydrogens is 519 g/mol. The summed E-state index contributed by atoms with van der Waals surface area (Å²) in [6.45, 7) is -0.176. The fraction of sp³-hybridized carbons (Fsp3) is 0.368. The normalized spacial score (nSPS) is 12.4. The Morgan fingerprint density at radius 1 is 1.29 bits per heavy atom. The van der Waals surface area contributed by atoms with Crippen molar-refractivity contribution in [1.82, 2.24) is 24.0 Å². The molecule has 1 aromatic carbocycles. The minimum absolute atomic E-state index is 0.0398. The first-order valence-corrected chi connectivity index (χ1v) is 12.6. The predicted molar refractivity (Wildman–Crippen MR) is 119 cm³/mol. The fourth-order valence-corrected chi connectivity index (χ4v) is 4.41. The van der Waals surface area contributed by atoms with Gasteiger partial charge in [0.05, 0.1) is 4.90 Å². The van der Waals surface area contributed by atoms with Crippen molar-refractivity contribution >= 4 is 38.9 Å². The SMILES string of the molecule is CN(C)CCOC(=O)Cn1nc(C(F)(F)F)c(Cl)c1-c1nsc(-c2cccc(S(C)(=O)=O)c2)n1. The Bertz CT molecular complexity index is 1310. The van der Waals surface area contributed by atoms with E-state index in [1.165, 1.54) is 18.2 Å². The molecule has 0 radical (unpaired) electrons. The molecule has 0 saturated carbocycles. The van der Waals surface area contributed by atoms with Crippen LogP contribution in [-0.4, -0.2) is 71.9 Å². The summed E-state index contributed by atoms with van der Waals surface area (Å²) in [6, 6.07) is 5.88. The summed E-state index contributed by atoms with van der Waals surface area (Å²) in [5.74, 6) is -1.01. The van der Waals surface area contributed by atoms with Crippen molar-refractivity contribution in [3.63, 3.8) is 0 Å². The molecule has 0 fully saturated rings. The number of hydrogen-bond acceptors (Lipinski definition) is 9. The lowest BCUT2D eigenvalue weighted by Gasteiger charge is -2.10. The molecule has 3 rings (SSSR count). The second kappa shape index (κ2) is 9.98. The van der Waals surface area contributed by atoms with Gasteiger partial charge in [-0.2, -0.15) is 22.6 Å². The summed E-state index contributed by atoms with van der Waals surface area (Å²) < 4.78 is 73.8. The number of likely N-dealkylation sites (N-methyl/N-ethyl adjacent to an activating group) is 1. The molecule has 2 aromatic heterocycles. The number of sulfone groups is 1. The second-order valence-corrected chi connectivity index (χ2v) is 10.6. The fourth-order valence-electron chi connectivity index (χ4n) is 2.76. The van der Waals surface area contributed by atoms with Gasteiger partial charge in [-0.3, -0.25) is 4.79 Å². The monoisotopic (exact) mass is 537 g/mol. The van der Waals surface area contributed by atoms with Gasteiger partial charge in [-0.25, -0.2) is 18.1 Å². The summed E-state index contributed by atoms with van der Waals surface area (Å²) in [5.41, 5.74) is -1.30. The number of benzene rings is 1. The van der Waals surface area contributed by atoms with Crippen molar-refractivity contribution in [2.45, 2.75) is 17.6 Å². The molecule has 0 aliphatic heterocycles. The van der Waals surface area contributed by atoms with E-state index in [-0.39, 0.29) is 28.0 Å². The Labute approximate surface area is 202 Å². The van der Waals surface area contributed by atoms with Crippen molar-refractivity contribution in [3.8, 4) is 22.1 Å². The molecule has 0 bridgehead atoms. The Kier molecular flexibility index (Phi) is 7.65. The number of halogens is 4. The highest BCUT2D eigenvalue weighted by molar-refractivity contribution is 7.90. The van der Waals surface area contributed by atoms with Gasteiger partial charge in [-0.1, -0.05) is 23.7 Å². The van der Waals surface area contributed by atoms with E-state index < -0.39 is 39.2 Å².